The summed E-state index contributed by atoms with van der Waals surface area (Å²) >= 11 is 0. The molecule has 2 heterocycles. The van der Waals surface area contributed by atoms with Gasteiger partial charge in [0.1, 0.15) is 0 Å². The Balaban J connectivity index is 1.79. The Labute approximate surface area is 139 Å². The lowest BCUT2D eigenvalue weighted by Gasteiger charge is -2.15. The van der Waals surface area contributed by atoms with Gasteiger partial charge >= 0.3 is 0 Å². The fourth-order valence-electron chi connectivity index (χ4n) is 3.52. The molecule has 0 fully saturated rings. The Morgan fingerprint density at radius 2 is 1.87 bits per heavy atom. The van der Waals surface area contributed by atoms with Crippen LogP contribution in [0.5, 0.6) is 0 Å². The van der Waals surface area contributed by atoms with Crippen LogP contribution in [0.15, 0.2) is 18.3 Å². The highest BCUT2D eigenvalue weighted by molar-refractivity contribution is 5.86. The number of rotatable bonds is 6. The van der Waals surface area contributed by atoms with Gasteiger partial charge in [0, 0.05) is 49.8 Å². The van der Waals surface area contributed by atoms with Gasteiger partial charge in [-0.25, -0.2) is 0 Å². The van der Waals surface area contributed by atoms with Crippen LogP contribution in [0.25, 0.3) is 10.9 Å². The summed E-state index contributed by atoms with van der Waals surface area (Å²) in [4.78, 5) is 2.47. The maximum atomic E-state index is 6.01. The van der Waals surface area contributed by atoms with Crippen molar-refractivity contribution in [3.8, 4) is 0 Å². The Kier molecular flexibility index (Phi) is 4.76. The number of nitrogens with two attached hydrogens (primary N) is 1. The lowest BCUT2D eigenvalue weighted by atomic mass is 10.0. The van der Waals surface area contributed by atoms with Crippen LogP contribution in [-0.4, -0.2) is 34.8 Å². The highest BCUT2D eigenvalue weighted by Crippen LogP contribution is 2.30. The Morgan fingerprint density at radius 1 is 1.17 bits per heavy atom. The number of hydrogen-bond donors (Lipinski definition) is 1. The van der Waals surface area contributed by atoms with Crippen LogP contribution in [0.3, 0.4) is 0 Å². The van der Waals surface area contributed by atoms with Crippen molar-refractivity contribution in [1.82, 2.24) is 9.47 Å². The highest BCUT2D eigenvalue weighted by Gasteiger charge is 2.21. The molecule has 3 rings (SSSR count). The molecule has 0 amide bonds. The van der Waals surface area contributed by atoms with E-state index in [4.69, 9.17) is 10.5 Å². The van der Waals surface area contributed by atoms with E-state index in [0.29, 0.717) is 6.10 Å². The number of ether oxygens (including phenoxy) is 1. The second-order valence-electron chi connectivity index (χ2n) is 7.21. The molecule has 126 valence electrons. The fourth-order valence-corrected chi connectivity index (χ4v) is 3.52. The zero-order valence-electron chi connectivity index (χ0n) is 14.8. The topological polar surface area (TPSA) is 43.4 Å². The van der Waals surface area contributed by atoms with Crippen molar-refractivity contribution in [2.24, 2.45) is 12.8 Å². The summed E-state index contributed by atoms with van der Waals surface area (Å²) in [5, 5.41) is 1.36. The summed E-state index contributed by atoms with van der Waals surface area (Å²) in [6, 6.07) is 4.93. The third kappa shape index (κ3) is 3.60. The molecule has 4 heteroatoms. The largest absolute Gasteiger partial charge is 0.377 e. The van der Waals surface area contributed by atoms with Crippen molar-refractivity contribution in [1.29, 1.82) is 0 Å². The molecule has 0 spiro atoms. The molecule has 1 aliphatic rings. The van der Waals surface area contributed by atoms with Gasteiger partial charge in [0.25, 0.3) is 0 Å². The Bertz CT molecular complexity index is 687. The van der Waals surface area contributed by atoms with Crippen molar-refractivity contribution in [3.05, 3.63) is 35.0 Å². The summed E-state index contributed by atoms with van der Waals surface area (Å²) < 4.78 is 7.92. The summed E-state index contributed by atoms with van der Waals surface area (Å²) in [7, 11) is 2.13. The summed E-state index contributed by atoms with van der Waals surface area (Å²) in [6.07, 6.45) is 3.47. The molecule has 1 atom stereocenters. The van der Waals surface area contributed by atoms with Crippen LogP contribution in [0.2, 0.25) is 0 Å². The van der Waals surface area contributed by atoms with Gasteiger partial charge in [0.05, 0.1) is 12.7 Å². The number of benzene rings is 1. The third-order valence-electron chi connectivity index (χ3n) is 4.58. The van der Waals surface area contributed by atoms with E-state index in [-0.39, 0.29) is 6.04 Å². The van der Waals surface area contributed by atoms with Gasteiger partial charge in [-0.2, -0.15) is 0 Å². The van der Waals surface area contributed by atoms with Gasteiger partial charge in [0.2, 0.25) is 0 Å². The van der Waals surface area contributed by atoms with Gasteiger partial charge < -0.3 is 15.0 Å². The van der Waals surface area contributed by atoms with Gasteiger partial charge in [-0.1, -0.05) is 0 Å². The average molecular weight is 315 g/mol. The predicted octanol–water partition coefficient (Wildman–Crippen LogP) is 2.81. The number of aromatic nitrogens is 1. The first-order valence-electron chi connectivity index (χ1n) is 8.63. The van der Waals surface area contributed by atoms with Gasteiger partial charge in [-0.05, 0) is 56.0 Å². The second kappa shape index (κ2) is 6.63. The molecule has 1 aromatic heterocycles. The minimum absolute atomic E-state index is 0.193. The number of hydrogen-bond acceptors (Lipinski definition) is 3. The first-order valence-corrected chi connectivity index (χ1v) is 8.63. The maximum absolute atomic E-state index is 6.01. The number of aryl methyl sites for hydroxylation is 1. The Hall–Kier alpha value is -1.36. The van der Waals surface area contributed by atoms with Crippen LogP contribution in [0.4, 0.5) is 0 Å². The molecule has 1 aliphatic heterocycles. The molecule has 0 aliphatic carbocycles. The van der Waals surface area contributed by atoms with Crippen LogP contribution < -0.4 is 5.73 Å². The summed E-state index contributed by atoms with van der Waals surface area (Å²) in [5.41, 5.74) is 11.6. The standard InChI is InChI=1S/C19H29N3O/c1-13(2)23-6-5-22-11-15-8-18-17(7-14(3)20)10-21(4)19(18)9-16(15)12-22/h8-10,13-14H,5-7,11-12,20H2,1-4H3. The van der Waals surface area contributed by atoms with E-state index in [1.165, 1.54) is 27.6 Å². The second-order valence-corrected chi connectivity index (χ2v) is 7.21. The van der Waals surface area contributed by atoms with Gasteiger partial charge in [-0.15, -0.1) is 0 Å². The van der Waals surface area contributed by atoms with Crippen molar-refractivity contribution in [3.63, 3.8) is 0 Å². The van der Waals surface area contributed by atoms with E-state index < -0.39 is 0 Å². The molecule has 4 nitrogen and oxygen atoms in total. The molecule has 2 N–H and O–H groups in total. The van der Waals surface area contributed by atoms with Crippen LogP contribution >= 0.6 is 0 Å². The molecular formula is C19H29N3O. The van der Waals surface area contributed by atoms with Crippen LogP contribution in [0, 0.1) is 0 Å². The molecule has 23 heavy (non-hydrogen) atoms. The van der Waals surface area contributed by atoms with E-state index in [0.717, 1.165) is 32.7 Å². The quantitative estimate of drug-likeness (QED) is 0.891. The van der Waals surface area contributed by atoms with E-state index >= 15 is 0 Å². The van der Waals surface area contributed by atoms with Crippen molar-refractivity contribution in [2.45, 2.75) is 52.4 Å². The van der Waals surface area contributed by atoms with Crippen molar-refractivity contribution < 1.29 is 4.74 Å². The molecule has 2 aromatic rings. The molecule has 0 bridgehead atoms. The van der Waals surface area contributed by atoms with Crippen molar-refractivity contribution in [2.75, 3.05) is 13.2 Å². The normalized spacial score (nSPS) is 16.4. The fraction of sp³-hybridized carbons (Fsp3) is 0.579. The molecule has 0 radical (unpaired) electrons. The predicted molar refractivity (Wildman–Crippen MR) is 95.5 cm³/mol. The zero-order chi connectivity index (χ0) is 16.6. The first-order chi connectivity index (χ1) is 10.9. The third-order valence-corrected chi connectivity index (χ3v) is 4.58. The molecule has 0 saturated carbocycles. The van der Waals surface area contributed by atoms with E-state index in [2.05, 4.69) is 55.6 Å². The van der Waals surface area contributed by atoms with Crippen LogP contribution in [-0.2, 0) is 31.3 Å². The van der Waals surface area contributed by atoms with Crippen molar-refractivity contribution >= 4 is 10.9 Å². The molecule has 0 saturated heterocycles. The maximum Gasteiger partial charge on any atom is 0.0597 e. The van der Waals surface area contributed by atoms with E-state index in [9.17, 15) is 0 Å². The SMILES string of the molecule is CC(N)Cc1cn(C)c2cc3c(cc12)CN(CCOC(C)C)C3. The van der Waals surface area contributed by atoms with Gasteiger partial charge in [0.15, 0.2) is 0 Å². The minimum atomic E-state index is 0.193. The minimum Gasteiger partial charge on any atom is -0.377 e. The lowest BCUT2D eigenvalue weighted by Crippen LogP contribution is -2.23. The zero-order valence-corrected chi connectivity index (χ0v) is 14.8. The molecular weight excluding hydrogens is 286 g/mol. The monoisotopic (exact) mass is 315 g/mol. The van der Waals surface area contributed by atoms with Gasteiger partial charge in [-0.3, -0.25) is 4.90 Å². The highest BCUT2D eigenvalue weighted by atomic mass is 16.5. The lowest BCUT2D eigenvalue weighted by molar-refractivity contribution is 0.0584. The summed E-state index contributed by atoms with van der Waals surface area (Å²) in [5.74, 6) is 0. The Morgan fingerprint density at radius 3 is 2.52 bits per heavy atom. The number of nitrogens with zero attached hydrogens (tertiary/aromatic N) is 2. The first kappa shape index (κ1) is 16.5. The summed E-state index contributed by atoms with van der Waals surface area (Å²) in [6.45, 7) is 10.1. The average Bonchev–Trinajstić information content (AvgIpc) is 2.97. The van der Waals surface area contributed by atoms with E-state index in [1.54, 1.807) is 0 Å². The molecule has 1 aromatic carbocycles. The molecule has 1 unspecified atom stereocenters. The van der Waals surface area contributed by atoms with E-state index in [1.807, 2.05) is 0 Å². The van der Waals surface area contributed by atoms with Crippen LogP contribution in [0.1, 0.15) is 37.5 Å². The smallest absolute Gasteiger partial charge is 0.0597 e. The number of fused-ring (bicyclic) bond motifs is 2.